The van der Waals surface area contributed by atoms with E-state index in [1.54, 1.807) is 6.08 Å². The Morgan fingerprint density at radius 1 is 0.955 bits per heavy atom. The van der Waals surface area contributed by atoms with Gasteiger partial charge in [0, 0.05) is 54.0 Å². The number of carboxylic acid groups (broad SMARTS) is 2. The lowest BCUT2D eigenvalue weighted by Crippen LogP contribution is -2.30. The molecule has 4 atom stereocenters. The molecule has 2 aromatic rings. The summed E-state index contributed by atoms with van der Waals surface area (Å²) in [5.41, 5.74) is 9.56. The maximum absolute atomic E-state index is 12.6. The average Bonchev–Trinajstić information content (AvgIpc) is 3.13. The van der Waals surface area contributed by atoms with E-state index >= 15 is 0 Å². The predicted molar refractivity (Wildman–Crippen MR) is 171 cm³/mol. The minimum Gasteiger partial charge on any atom is -0.481 e. The molecule has 44 heavy (non-hydrogen) atoms. The van der Waals surface area contributed by atoms with Crippen molar-refractivity contribution in [2.45, 2.75) is 89.2 Å². The van der Waals surface area contributed by atoms with Crippen LogP contribution in [0.1, 0.15) is 78.6 Å². The van der Waals surface area contributed by atoms with Crippen LogP contribution in [0.5, 0.6) is 0 Å². The number of aromatic amines is 2. The molecule has 0 aromatic carbocycles. The van der Waals surface area contributed by atoms with E-state index in [0.717, 1.165) is 56.3 Å². The van der Waals surface area contributed by atoms with Gasteiger partial charge in [-0.2, -0.15) is 0 Å². The van der Waals surface area contributed by atoms with Gasteiger partial charge in [0.05, 0.1) is 17.7 Å². The Morgan fingerprint density at radius 2 is 1.55 bits per heavy atom. The van der Waals surface area contributed by atoms with Crippen LogP contribution in [0.4, 0.5) is 0 Å². The Labute approximate surface area is 260 Å². The molecule has 2 aromatic heterocycles. The number of aromatic nitrogens is 2. The van der Waals surface area contributed by atoms with Gasteiger partial charge in [0.2, 0.25) is 10.7 Å². The number of rotatable bonds is 12. The molecule has 2 saturated heterocycles. The molecule has 234 valence electrons. The Balaban J connectivity index is 1.53. The van der Waals surface area contributed by atoms with Crippen LogP contribution in [0.2, 0.25) is 0 Å². The summed E-state index contributed by atoms with van der Waals surface area (Å²) in [4.78, 5) is 55.3. The Kier molecular flexibility index (Phi) is 8.45. The third kappa shape index (κ3) is 5.53. The molecule has 2 fully saturated rings. The molecule has 0 bridgehead atoms. The highest BCUT2D eigenvalue weighted by molar-refractivity contribution is 7.89. The van der Waals surface area contributed by atoms with Crippen molar-refractivity contribution in [3.8, 4) is 0 Å². The first kappa shape index (κ1) is 31.4. The number of carbonyl (C=O) groups is 4. The molecule has 3 aliphatic heterocycles. The Bertz CT molecular complexity index is 1650. The normalized spacial score (nSPS) is 25.2. The molecular formula is C33H41N4O6S+. The van der Waals surface area contributed by atoms with E-state index < -0.39 is 11.9 Å². The molecule has 0 aliphatic carbocycles. The third-order valence-electron chi connectivity index (χ3n) is 9.73. The zero-order chi connectivity index (χ0) is 32.1. The highest BCUT2D eigenvalue weighted by Gasteiger charge is 2.75. The van der Waals surface area contributed by atoms with E-state index in [4.69, 9.17) is 0 Å². The molecule has 1 spiro atoms. The van der Waals surface area contributed by atoms with Crippen LogP contribution in [0.15, 0.2) is 29.5 Å². The lowest BCUT2D eigenvalue weighted by molar-refractivity contribution is -0.138. The Hall–Kier alpha value is -3.99. The fraction of sp³-hybridized carbons (Fsp3) is 0.455. The molecular weight excluding hydrogens is 580 g/mol. The van der Waals surface area contributed by atoms with Gasteiger partial charge in [-0.3, -0.25) is 19.2 Å². The molecule has 2 amide bonds. The molecule has 10 nitrogen and oxygen atoms in total. The van der Waals surface area contributed by atoms with Crippen LogP contribution < -0.4 is 10.6 Å². The average molecular weight is 622 g/mol. The number of hydrogen-bond donors (Lipinski definition) is 6. The first-order valence-electron chi connectivity index (χ1n) is 15.0. The van der Waals surface area contributed by atoms with Crippen molar-refractivity contribution in [2.75, 3.05) is 0 Å². The zero-order valence-corrected chi connectivity index (χ0v) is 26.7. The van der Waals surface area contributed by atoms with Crippen molar-refractivity contribution in [1.82, 2.24) is 20.6 Å². The van der Waals surface area contributed by atoms with Crippen LogP contribution >= 0.6 is 0 Å². The highest BCUT2D eigenvalue weighted by atomic mass is 32.2. The summed E-state index contributed by atoms with van der Waals surface area (Å²) >= 11 is 1.22. The van der Waals surface area contributed by atoms with Crippen LogP contribution in [0.25, 0.3) is 6.08 Å². The SMILES string of the molecule is C=CC1=C(C)[C@@H](Cc2[nH]c(Cc3[nH]c(/C=C4\NC(=O)[C@H](C)[C@]45[SH+][C@H]5C)c(C)c3CCC(=O)O)c(CCC(=O)O)c2C)NC1=O. The van der Waals surface area contributed by atoms with Crippen molar-refractivity contribution in [2.24, 2.45) is 5.92 Å². The van der Waals surface area contributed by atoms with Crippen molar-refractivity contribution >= 4 is 41.6 Å². The van der Waals surface area contributed by atoms with E-state index in [-0.39, 0.29) is 41.4 Å². The van der Waals surface area contributed by atoms with E-state index in [2.05, 4.69) is 34.1 Å². The minimum absolute atomic E-state index is 0.0184. The molecule has 5 rings (SSSR count). The second-order valence-corrected chi connectivity index (χ2v) is 14.0. The lowest BCUT2D eigenvalue weighted by Gasteiger charge is -2.12. The quantitative estimate of drug-likeness (QED) is 0.121. The van der Waals surface area contributed by atoms with Gasteiger partial charge in [-0.05, 0) is 93.1 Å². The number of nitrogens with one attached hydrogen (secondary N) is 4. The van der Waals surface area contributed by atoms with Gasteiger partial charge in [-0.15, -0.1) is 0 Å². The van der Waals surface area contributed by atoms with E-state index in [9.17, 15) is 29.4 Å². The molecule has 0 saturated carbocycles. The van der Waals surface area contributed by atoms with Gasteiger partial charge < -0.3 is 30.8 Å². The maximum atomic E-state index is 12.6. The van der Waals surface area contributed by atoms with Crippen LogP contribution in [-0.2, 0) is 56.6 Å². The van der Waals surface area contributed by atoms with Crippen molar-refractivity contribution in [3.63, 3.8) is 0 Å². The fourth-order valence-corrected chi connectivity index (χ4v) is 8.47. The second-order valence-electron chi connectivity index (χ2n) is 12.2. The largest absolute Gasteiger partial charge is 0.481 e. The minimum atomic E-state index is -0.891. The maximum Gasteiger partial charge on any atom is 0.303 e. The smallest absolute Gasteiger partial charge is 0.303 e. The number of carboxylic acids is 2. The summed E-state index contributed by atoms with van der Waals surface area (Å²) < 4.78 is -0.209. The summed E-state index contributed by atoms with van der Waals surface area (Å²) in [6.07, 6.45) is 5.11. The summed E-state index contributed by atoms with van der Waals surface area (Å²) in [6, 6.07) is -0.203. The number of H-pyrrole nitrogens is 2. The van der Waals surface area contributed by atoms with Gasteiger partial charge in [0.15, 0.2) is 5.25 Å². The van der Waals surface area contributed by atoms with Gasteiger partial charge in [-0.25, -0.2) is 0 Å². The number of hydrogen-bond acceptors (Lipinski definition) is 4. The standard InChI is InChI=1S/C33H40N4O6S/c1-7-20-15(2)24(36-32(20)43)12-23-16(3)21(8-10-29(38)39)26(34-23)13-27-22(9-11-30(40)41)17(4)25(35-27)14-28-33(19(6)44-33)18(5)31(42)37-28/h7,14,18-19,24,34-35H,1,8-13H2,2-6H3,(H,36,43)(H,37,42)(H,38,39)(H,40,41)/p+1/b28-14-/t18-,19-,24+,33+/m0/s1. The molecule has 0 unspecified atom stereocenters. The zero-order valence-electron chi connectivity index (χ0n) is 25.8. The fourth-order valence-electron chi connectivity index (χ4n) is 6.94. The van der Waals surface area contributed by atoms with E-state index in [1.807, 2.05) is 33.8 Å². The van der Waals surface area contributed by atoms with Crippen molar-refractivity contribution < 1.29 is 29.4 Å². The lowest BCUT2D eigenvalue weighted by atomic mass is 9.91. The predicted octanol–water partition coefficient (Wildman–Crippen LogP) is 3.19. The molecule has 0 radical (unpaired) electrons. The van der Waals surface area contributed by atoms with Crippen molar-refractivity contribution in [3.05, 3.63) is 74.5 Å². The third-order valence-corrected chi connectivity index (χ3v) is 11.7. The molecule has 5 heterocycles. The number of amides is 2. The number of carbonyl (C=O) groups excluding carboxylic acids is 2. The summed E-state index contributed by atoms with van der Waals surface area (Å²) in [5, 5.41) is 25.4. The van der Waals surface area contributed by atoms with Crippen LogP contribution in [0.3, 0.4) is 0 Å². The first-order valence-corrected chi connectivity index (χ1v) is 16.0. The van der Waals surface area contributed by atoms with Crippen molar-refractivity contribution in [1.29, 1.82) is 0 Å². The Morgan fingerprint density at radius 3 is 2.09 bits per heavy atom. The molecule has 6 N–H and O–H groups in total. The van der Waals surface area contributed by atoms with E-state index in [1.165, 1.54) is 11.8 Å². The van der Waals surface area contributed by atoms with Gasteiger partial charge in [-0.1, -0.05) is 12.7 Å². The molecule has 11 heteroatoms. The topological polar surface area (TPSA) is 164 Å². The summed E-state index contributed by atoms with van der Waals surface area (Å²) in [7, 11) is 0. The summed E-state index contributed by atoms with van der Waals surface area (Å²) in [6.45, 7) is 13.7. The monoisotopic (exact) mass is 621 g/mol. The number of thiol groups is 1. The van der Waals surface area contributed by atoms with Crippen LogP contribution in [0, 0.1) is 19.8 Å². The summed E-state index contributed by atoms with van der Waals surface area (Å²) in [5.74, 6) is -2.03. The van der Waals surface area contributed by atoms with Crippen LogP contribution in [-0.4, -0.2) is 60.0 Å². The van der Waals surface area contributed by atoms with Gasteiger partial charge in [0.1, 0.15) is 0 Å². The van der Waals surface area contributed by atoms with E-state index in [0.29, 0.717) is 36.5 Å². The molecule has 3 aliphatic rings. The van der Waals surface area contributed by atoms with Gasteiger partial charge >= 0.3 is 11.9 Å². The van der Waals surface area contributed by atoms with Gasteiger partial charge in [0.25, 0.3) is 5.91 Å². The first-order chi connectivity index (χ1) is 20.8. The highest BCUT2D eigenvalue weighted by Crippen LogP contribution is 2.52. The number of aliphatic carboxylic acids is 2. The second kappa shape index (κ2) is 11.8.